The van der Waals surface area contributed by atoms with Gasteiger partial charge in [0.25, 0.3) is 0 Å². The van der Waals surface area contributed by atoms with Crippen LogP contribution in [0.5, 0.6) is 0 Å². The quantitative estimate of drug-likeness (QED) is 0.449. The summed E-state index contributed by atoms with van der Waals surface area (Å²) in [7, 11) is 3.75. The van der Waals surface area contributed by atoms with Crippen LogP contribution >= 0.6 is 0 Å². The molecule has 1 aromatic heterocycles. The van der Waals surface area contributed by atoms with Crippen LogP contribution in [0.4, 0.5) is 4.39 Å². The molecule has 5 unspecified atom stereocenters. The molecular weight excluding hydrogens is 429 g/mol. The van der Waals surface area contributed by atoms with Crippen molar-refractivity contribution in [3.63, 3.8) is 0 Å². The van der Waals surface area contributed by atoms with Gasteiger partial charge in [0, 0.05) is 5.92 Å². The molecule has 6 atom stereocenters. The monoisotopic (exact) mass is 467 g/mol. The zero-order valence-electron chi connectivity index (χ0n) is 20.6. The first-order valence-electron chi connectivity index (χ1n) is 12.8. The van der Waals surface area contributed by atoms with Crippen LogP contribution in [-0.4, -0.2) is 51.7 Å². The van der Waals surface area contributed by atoms with E-state index in [9.17, 15) is 10.2 Å². The second kappa shape index (κ2) is 8.58. The van der Waals surface area contributed by atoms with E-state index in [-0.39, 0.29) is 17.4 Å². The Labute approximate surface area is 201 Å². The largest absolute Gasteiger partial charge is 0.393 e. The normalized spacial score (nSPS) is 39.1. The van der Waals surface area contributed by atoms with E-state index in [2.05, 4.69) is 40.4 Å². The van der Waals surface area contributed by atoms with Gasteiger partial charge in [-0.05, 0) is 106 Å². The molecule has 0 aliphatic heterocycles. The molecule has 6 rings (SSSR count). The second-order valence-electron chi connectivity index (χ2n) is 11.1. The number of aliphatic hydroxyl groups excluding tert-OH is 1. The van der Waals surface area contributed by atoms with Gasteiger partial charge in [0.2, 0.25) is 0 Å². The number of aromatic amines is 1. The van der Waals surface area contributed by atoms with E-state index in [0.29, 0.717) is 38.0 Å². The number of H-pyrrole nitrogens is 1. The predicted molar refractivity (Wildman–Crippen MR) is 134 cm³/mol. The summed E-state index contributed by atoms with van der Waals surface area (Å²) in [4.78, 5) is 7.51. The highest BCUT2D eigenvalue weighted by molar-refractivity contribution is 5.83. The summed E-state index contributed by atoms with van der Waals surface area (Å²) in [6.07, 6.45) is 10.6. The first-order chi connectivity index (χ1) is 16.2. The minimum Gasteiger partial charge on any atom is -0.393 e. The first-order valence-corrected chi connectivity index (χ1v) is 12.8. The van der Waals surface area contributed by atoms with Crippen molar-refractivity contribution in [1.29, 1.82) is 0 Å². The van der Waals surface area contributed by atoms with Crippen molar-refractivity contribution in [2.45, 2.75) is 75.7 Å². The number of hydrogen-bond donors (Lipinski definition) is 4. The van der Waals surface area contributed by atoms with Crippen molar-refractivity contribution < 1.29 is 14.6 Å². The minimum absolute atomic E-state index is 0.145. The highest BCUT2D eigenvalue weighted by Crippen LogP contribution is 2.65. The molecule has 1 aromatic carbocycles. The Hall–Kier alpha value is -2.02. The van der Waals surface area contributed by atoms with E-state index >= 15 is 4.39 Å². The molecule has 4 aliphatic rings. The van der Waals surface area contributed by atoms with E-state index in [4.69, 9.17) is 0 Å². The number of alkyl halides is 1. The molecule has 34 heavy (non-hydrogen) atoms. The van der Waals surface area contributed by atoms with E-state index in [1.54, 1.807) is 12.4 Å². The summed E-state index contributed by atoms with van der Waals surface area (Å²) < 4.78 is 16.6. The Morgan fingerprint density at radius 2 is 1.94 bits per heavy atom. The van der Waals surface area contributed by atoms with Crippen LogP contribution in [-0.2, 0) is 0 Å². The fraction of sp³-hybridized carbons (Fsp3) is 0.607. The van der Waals surface area contributed by atoms with Gasteiger partial charge in [-0.2, -0.15) is 0 Å². The number of nitrogens with zero attached hydrogens (tertiary/aromatic N) is 1. The maximum atomic E-state index is 16.6. The molecule has 1 heterocycles. The lowest BCUT2D eigenvalue weighted by atomic mass is 9.53. The molecule has 0 spiro atoms. The van der Waals surface area contributed by atoms with Crippen molar-refractivity contribution in [3.05, 3.63) is 47.8 Å². The van der Waals surface area contributed by atoms with Crippen molar-refractivity contribution in [1.82, 2.24) is 15.3 Å². The molecule has 2 fully saturated rings. The van der Waals surface area contributed by atoms with Gasteiger partial charge in [-0.15, -0.1) is 0 Å². The predicted octanol–water partition coefficient (Wildman–Crippen LogP) is 4.92. The molecule has 2 aromatic rings. The zero-order chi connectivity index (χ0) is 24.1. The Balaban J connectivity index is 0.000000764. The SMILES string of the molecule is CC12CCC3(F)C=C4CC(O)CCC4CC[C@]3(O)C1CC=C2c1ccc2nc[nH]c2c1.CNC. The molecule has 0 bridgehead atoms. The highest BCUT2D eigenvalue weighted by Gasteiger charge is 2.65. The van der Waals surface area contributed by atoms with Crippen LogP contribution < -0.4 is 5.32 Å². The summed E-state index contributed by atoms with van der Waals surface area (Å²) in [5, 5.41) is 25.0. The van der Waals surface area contributed by atoms with Crippen LogP contribution in [0.2, 0.25) is 0 Å². The summed E-state index contributed by atoms with van der Waals surface area (Å²) in [5.41, 5.74) is 2.01. The smallest absolute Gasteiger partial charge is 0.158 e. The molecule has 6 heteroatoms. The van der Waals surface area contributed by atoms with Gasteiger partial charge in [0.1, 0.15) is 5.60 Å². The van der Waals surface area contributed by atoms with Gasteiger partial charge >= 0.3 is 0 Å². The third-order valence-corrected chi connectivity index (χ3v) is 9.11. The van der Waals surface area contributed by atoms with Crippen molar-refractivity contribution in [3.8, 4) is 0 Å². The molecule has 2 saturated carbocycles. The Bertz CT molecular complexity index is 1130. The van der Waals surface area contributed by atoms with E-state index in [0.717, 1.165) is 41.4 Å². The minimum atomic E-state index is -1.71. The van der Waals surface area contributed by atoms with Gasteiger partial charge < -0.3 is 20.5 Å². The molecule has 5 nitrogen and oxygen atoms in total. The average Bonchev–Trinajstić information content (AvgIpc) is 3.38. The zero-order valence-corrected chi connectivity index (χ0v) is 20.6. The average molecular weight is 468 g/mol. The number of benzene rings is 1. The fourth-order valence-corrected chi connectivity index (χ4v) is 7.34. The summed E-state index contributed by atoms with van der Waals surface area (Å²) >= 11 is 0. The lowest BCUT2D eigenvalue weighted by molar-refractivity contribution is -0.172. The van der Waals surface area contributed by atoms with Gasteiger partial charge in [0.15, 0.2) is 5.67 Å². The van der Waals surface area contributed by atoms with Crippen LogP contribution in [0.3, 0.4) is 0 Å². The van der Waals surface area contributed by atoms with Gasteiger partial charge in [0.05, 0.1) is 23.5 Å². The molecular formula is C28H38FN3O2. The number of allylic oxidation sites excluding steroid dienone is 2. The molecule has 4 N–H and O–H groups in total. The van der Waals surface area contributed by atoms with Crippen LogP contribution in [0, 0.1) is 17.3 Å². The van der Waals surface area contributed by atoms with Crippen LogP contribution in [0.15, 0.2) is 42.3 Å². The summed E-state index contributed by atoms with van der Waals surface area (Å²) in [6.45, 7) is 2.22. The molecule has 0 radical (unpaired) electrons. The number of rotatable bonds is 1. The maximum absolute atomic E-state index is 16.6. The van der Waals surface area contributed by atoms with E-state index < -0.39 is 11.3 Å². The van der Waals surface area contributed by atoms with Gasteiger partial charge in [-0.3, -0.25) is 0 Å². The lowest BCUT2D eigenvalue weighted by Crippen LogP contribution is -2.61. The number of nitrogens with one attached hydrogen (secondary N) is 2. The van der Waals surface area contributed by atoms with Crippen LogP contribution in [0.25, 0.3) is 16.6 Å². The third-order valence-electron chi connectivity index (χ3n) is 9.11. The highest BCUT2D eigenvalue weighted by atomic mass is 19.1. The molecule has 0 saturated heterocycles. The maximum Gasteiger partial charge on any atom is 0.158 e. The Kier molecular flexibility index (Phi) is 5.98. The summed E-state index contributed by atoms with van der Waals surface area (Å²) in [6, 6.07) is 6.27. The first kappa shape index (κ1) is 23.7. The van der Waals surface area contributed by atoms with Gasteiger partial charge in [-0.1, -0.05) is 24.6 Å². The van der Waals surface area contributed by atoms with Crippen molar-refractivity contribution in [2.24, 2.45) is 17.3 Å². The fourth-order valence-electron chi connectivity index (χ4n) is 7.34. The summed E-state index contributed by atoms with van der Waals surface area (Å²) in [5.74, 6) is 0.154. The third kappa shape index (κ3) is 3.57. The number of hydrogen-bond acceptors (Lipinski definition) is 4. The van der Waals surface area contributed by atoms with Crippen molar-refractivity contribution in [2.75, 3.05) is 14.1 Å². The van der Waals surface area contributed by atoms with E-state index in [1.807, 2.05) is 20.2 Å². The Morgan fingerprint density at radius 3 is 2.74 bits per heavy atom. The topological polar surface area (TPSA) is 81.2 Å². The number of imidazole rings is 1. The number of halogens is 1. The second-order valence-corrected chi connectivity index (χ2v) is 11.1. The van der Waals surface area contributed by atoms with Crippen LogP contribution in [0.1, 0.15) is 63.9 Å². The lowest BCUT2D eigenvalue weighted by Gasteiger charge is -2.55. The number of fused-ring (bicyclic) bond motifs is 5. The van der Waals surface area contributed by atoms with Crippen molar-refractivity contribution >= 4 is 16.6 Å². The Morgan fingerprint density at radius 1 is 1.15 bits per heavy atom. The molecule has 4 aliphatic carbocycles. The van der Waals surface area contributed by atoms with E-state index in [1.165, 1.54) is 5.57 Å². The standard InChI is InChI=1S/C26H31FN2O2.C2H7N/c1-24-10-11-25(27)14-18-12-19(30)4-2-16(18)8-9-26(25,31)23(24)7-5-20(24)17-3-6-21-22(13-17)29-15-28-21;1-3-2/h3,5-6,13-16,19,23,30-31H,2,4,7-12H2,1H3,(H,28,29);3H,1-2H3/t16?,19?,23?,24?,25?,26-;/m0./s1. The number of aliphatic hydroxyl groups is 2. The molecule has 0 amide bonds. The number of aromatic nitrogens is 2. The van der Waals surface area contributed by atoms with Gasteiger partial charge in [-0.25, -0.2) is 9.37 Å². The molecule has 184 valence electrons.